The molecule has 2 N–H and O–H groups in total. The number of hydrogen-bond acceptors (Lipinski definition) is 8. The van der Waals surface area contributed by atoms with Gasteiger partial charge in [-0.05, 0) is 105 Å². The molecule has 7 heterocycles. The molecule has 2 fully saturated rings. The summed E-state index contributed by atoms with van der Waals surface area (Å²) in [6, 6.07) is 7.67. The van der Waals surface area contributed by atoms with Crippen LogP contribution in [0.1, 0.15) is 32.5 Å². The maximum absolute atomic E-state index is 14.3. The van der Waals surface area contributed by atoms with Gasteiger partial charge in [0.2, 0.25) is 5.82 Å². The number of nitrogens with zero attached hydrogens (tertiary/aromatic N) is 5. The first-order chi connectivity index (χ1) is 19.8. The van der Waals surface area contributed by atoms with Crippen LogP contribution in [0, 0.1) is 11.3 Å². The van der Waals surface area contributed by atoms with E-state index in [4.69, 9.17) is 19.5 Å². The minimum absolute atomic E-state index is 0.128. The van der Waals surface area contributed by atoms with E-state index >= 15 is 0 Å². The lowest BCUT2D eigenvalue weighted by atomic mass is 9.77. The number of aromatic nitrogens is 4. The summed E-state index contributed by atoms with van der Waals surface area (Å²) in [6.07, 6.45) is 21.2. The fourth-order valence-electron chi connectivity index (χ4n) is 6.11. The summed E-state index contributed by atoms with van der Waals surface area (Å²) in [5.74, 6) is 1.09. The van der Waals surface area contributed by atoms with Crippen molar-refractivity contribution in [3.05, 3.63) is 101 Å². The molecule has 8 bridgehead atoms. The Hall–Kier alpha value is -4.92. The molecule has 5 aliphatic rings. The second-order valence-electron chi connectivity index (χ2n) is 11.7. The first-order valence-electron chi connectivity index (χ1n) is 13.8. The monoisotopic (exact) mass is 541 g/mol. The van der Waals surface area contributed by atoms with E-state index in [1.807, 2.05) is 86.7 Å². The summed E-state index contributed by atoms with van der Waals surface area (Å²) in [4.78, 5) is 36.6. The van der Waals surface area contributed by atoms with E-state index < -0.39 is 16.5 Å². The molecule has 0 radical (unpaired) electrons. The van der Waals surface area contributed by atoms with Crippen LogP contribution >= 0.6 is 0 Å². The summed E-state index contributed by atoms with van der Waals surface area (Å²) >= 11 is 0. The van der Waals surface area contributed by atoms with Crippen molar-refractivity contribution in [1.29, 1.82) is 0 Å². The van der Waals surface area contributed by atoms with Crippen molar-refractivity contribution in [2.75, 3.05) is 0 Å². The Bertz CT molecular complexity index is 1930. The molecule has 1 saturated carbocycles. The van der Waals surface area contributed by atoms with Crippen LogP contribution in [-0.4, -0.2) is 42.9 Å². The van der Waals surface area contributed by atoms with Gasteiger partial charge in [-0.3, -0.25) is 14.8 Å². The molecule has 3 aromatic heterocycles. The quantitative estimate of drug-likeness (QED) is 0.526. The lowest BCUT2D eigenvalue weighted by molar-refractivity contribution is -0.127. The second kappa shape index (κ2) is 8.30. The number of allylic oxidation sites excluding steroid dienone is 4. The Morgan fingerprint density at radius 2 is 1.73 bits per heavy atom. The van der Waals surface area contributed by atoms with Crippen LogP contribution in [0.5, 0.6) is 0 Å². The number of fused-ring (bicyclic) bond motifs is 6. The van der Waals surface area contributed by atoms with Gasteiger partial charge in [-0.25, -0.2) is 4.99 Å². The minimum atomic E-state index is -1.08. The molecule has 9 heteroatoms. The van der Waals surface area contributed by atoms with Crippen molar-refractivity contribution in [3.63, 3.8) is 0 Å². The Morgan fingerprint density at radius 1 is 0.951 bits per heavy atom. The number of rotatable bonds is 3. The number of pyridine rings is 1. The number of aliphatic imine (C=N–C) groups is 2. The zero-order valence-electron chi connectivity index (χ0n) is 22.6. The van der Waals surface area contributed by atoms with Crippen LogP contribution in [0.15, 0.2) is 99.0 Å². The third-order valence-electron chi connectivity index (χ3n) is 8.47. The number of carbonyl (C=O) groups excluding carboxylic acids is 1. The highest BCUT2D eigenvalue weighted by molar-refractivity contribution is 6.20. The fraction of sp³-hybridized carbons (Fsp3) is 0.250. The van der Waals surface area contributed by atoms with Gasteiger partial charge in [0.15, 0.2) is 11.3 Å². The molecule has 8 rings (SSSR count). The Labute approximate surface area is 235 Å². The average molecular weight is 542 g/mol. The van der Waals surface area contributed by atoms with Crippen molar-refractivity contribution >= 4 is 29.4 Å². The molecule has 2 unspecified atom stereocenters. The number of carbonyl (C=O) groups is 1. The number of H-pyrrole nitrogens is 1. The molecule has 3 aromatic rings. The zero-order chi connectivity index (χ0) is 27.8. The van der Waals surface area contributed by atoms with Crippen LogP contribution in [0.25, 0.3) is 23.6 Å². The summed E-state index contributed by atoms with van der Waals surface area (Å²) in [5, 5.41) is 9.91. The van der Waals surface area contributed by atoms with Crippen LogP contribution < -0.4 is 16.0 Å². The lowest BCUT2D eigenvalue weighted by Crippen LogP contribution is -2.47. The maximum atomic E-state index is 14.3. The van der Waals surface area contributed by atoms with Crippen molar-refractivity contribution in [1.82, 2.24) is 25.4 Å². The molecule has 2 atom stereocenters. The number of ketones is 1. The smallest absolute Gasteiger partial charge is 0.258 e. The van der Waals surface area contributed by atoms with Crippen LogP contribution in [-0.2, 0) is 10.3 Å². The van der Waals surface area contributed by atoms with Gasteiger partial charge >= 0.3 is 0 Å². The summed E-state index contributed by atoms with van der Waals surface area (Å²) in [6.45, 7) is 3.94. The molecule has 41 heavy (non-hydrogen) atoms. The highest BCUT2D eigenvalue weighted by atomic mass is 16.5. The van der Waals surface area contributed by atoms with E-state index in [0.29, 0.717) is 11.7 Å². The Balaban J connectivity index is 1.36. The zero-order valence-corrected chi connectivity index (χ0v) is 22.6. The van der Waals surface area contributed by atoms with E-state index in [9.17, 15) is 4.79 Å². The first kappa shape index (κ1) is 23.9. The fourth-order valence-corrected chi connectivity index (χ4v) is 6.11. The van der Waals surface area contributed by atoms with Crippen molar-refractivity contribution in [2.24, 2.45) is 21.3 Å². The Morgan fingerprint density at radius 3 is 2.51 bits per heavy atom. The van der Waals surface area contributed by atoms with Gasteiger partial charge in [0.25, 0.3) is 5.89 Å². The van der Waals surface area contributed by atoms with E-state index in [-0.39, 0.29) is 11.7 Å². The molecular formula is C32H27N7O2. The molecule has 0 aromatic carbocycles. The summed E-state index contributed by atoms with van der Waals surface area (Å²) in [5.41, 5.74) is 1.17. The number of Topliss-reactive ketones (excluding diaryl/α,β-unsaturated/α-hetero) is 1. The second-order valence-corrected chi connectivity index (χ2v) is 11.7. The summed E-state index contributed by atoms with van der Waals surface area (Å²) < 4.78 is 5.70. The number of nitrogens with one attached hydrogen (secondary N) is 2. The van der Waals surface area contributed by atoms with E-state index in [0.717, 1.165) is 51.9 Å². The molecular weight excluding hydrogens is 514 g/mol. The van der Waals surface area contributed by atoms with Gasteiger partial charge in [0.1, 0.15) is 5.54 Å². The largest absolute Gasteiger partial charge is 0.372 e. The third kappa shape index (κ3) is 3.76. The van der Waals surface area contributed by atoms with Gasteiger partial charge in [-0.2, -0.15) is 4.98 Å². The van der Waals surface area contributed by atoms with Gasteiger partial charge in [-0.15, -0.1) is 0 Å². The molecule has 4 aliphatic heterocycles. The van der Waals surface area contributed by atoms with Crippen molar-refractivity contribution in [2.45, 2.75) is 37.8 Å². The number of aromatic amines is 1. The highest BCUT2D eigenvalue weighted by Gasteiger charge is 2.61. The highest BCUT2D eigenvalue weighted by Crippen LogP contribution is 2.52. The lowest BCUT2D eigenvalue weighted by Gasteiger charge is -2.26. The normalized spacial score (nSPS) is 27.4. The molecule has 0 spiro atoms. The topological polar surface area (TPSA) is 121 Å². The number of hydrogen-bond donors (Lipinski definition) is 2. The SMILES string of the molecule is CC1(C)C(=O)C2(C3CC3)C=C3C=CC(=N3)C=c3ccc([nH]3)=CC3=NC(c4noc(-c5ccncc5)n4)(C=C3)C=C1N2. The van der Waals surface area contributed by atoms with Gasteiger partial charge in [0, 0.05) is 34.4 Å². The predicted molar refractivity (Wildman–Crippen MR) is 155 cm³/mol. The van der Waals surface area contributed by atoms with E-state index in [2.05, 4.69) is 20.4 Å². The molecule has 202 valence electrons. The molecule has 1 saturated heterocycles. The maximum Gasteiger partial charge on any atom is 0.258 e. The molecule has 1 aliphatic carbocycles. The van der Waals surface area contributed by atoms with Gasteiger partial charge in [0.05, 0.1) is 22.5 Å². The van der Waals surface area contributed by atoms with Crippen LogP contribution in [0.3, 0.4) is 0 Å². The summed E-state index contributed by atoms with van der Waals surface area (Å²) in [7, 11) is 0. The van der Waals surface area contributed by atoms with E-state index in [1.165, 1.54) is 0 Å². The van der Waals surface area contributed by atoms with Crippen molar-refractivity contribution < 1.29 is 9.32 Å². The Kier molecular flexibility index (Phi) is 4.84. The van der Waals surface area contributed by atoms with Gasteiger partial charge in [-0.1, -0.05) is 5.16 Å². The average Bonchev–Trinajstić information content (AvgIpc) is 3.33. The standard InChI is InChI=1S/C32H27N7O2/c1-30(2)26-18-31(29-36-27(41-39-29)19-10-13-33-14-11-19)12-9-24(37-31)16-23-6-5-21(34-23)15-22-7-8-25(35-22)17-32(38-26,28(30)40)20-3-4-20/h5-18,20,34,38H,3-4H2,1-2H3. The third-order valence-corrected chi connectivity index (χ3v) is 8.47. The molecule has 9 nitrogen and oxygen atoms in total. The predicted octanol–water partition coefficient (Wildman–Crippen LogP) is 3.07. The van der Waals surface area contributed by atoms with E-state index in [1.54, 1.807) is 12.4 Å². The minimum Gasteiger partial charge on any atom is -0.372 e. The van der Waals surface area contributed by atoms with Crippen molar-refractivity contribution in [3.8, 4) is 11.5 Å². The van der Waals surface area contributed by atoms with Gasteiger partial charge < -0.3 is 14.8 Å². The first-order valence-corrected chi connectivity index (χ1v) is 13.8. The van der Waals surface area contributed by atoms with Crippen LogP contribution in [0.2, 0.25) is 0 Å². The van der Waals surface area contributed by atoms with Crippen LogP contribution in [0.4, 0.5) is 0 Å². The molecule has 0 amide bonds.